The van der Waals surface area contributed by atoms with Crippen LogP contribution >= 0.6 is 0 Å². The van der Waals surface area contributed by atoms with Gasteiger partial charge in [-0.2, -0.15) is 0 Å². The summed E-state index contributed by atoms with van der Waals surface area (Å²) in [7, 11) is 0. The Kier molecular flexibility index (Phi) is 3.81. The molecule has 1 saturated carbocycles. The zero-order valence-electron chi connectivity index (χ0n) is 14.1. The number of rotatable bonds is 2. The number of benzene rings is 1. The summed E-state index contributed by atoms with van der Waals surface area (Å²) in [5.74, 6) is -3.10. The minimum Gasteiger partial charge on any atom is -0.338 e. The summed E-state index contributed by atoms with van der Waals surface area (Å²) in [6.07, 6.45) is 3.35. The van der Waals surface area contributed by atoms with Crippen LogP contribution in [-0.4, -0.2) is 53.7 Å². The molecule has 3 fully saturated rings. The van der Waals surface area contributed by atoms with E-state index in [1.54, 1.807) is 12.1 Å². The van der Waals surface area contributed by atoms with Crippen molar-refractivity contribution < 1.29 is 18.4 Å². The largest absolute Gasteiger partial charge is 0.338 e. The van der Waals surface area contributed by atoms with Crippen LogP contribution in [0.1, 0.15) is 36.0 Å². The molecule has 0 N–H and O–H groups in total. The van der Waals surface area contributed by atoms with Crippen LogP contribution in [0, 0.1) is 11.3 Å². The number of halogens is 2. The number of amides is 2. The Labute approximate surface area is 145 Å². The van der Waals surface area contributed by atoms with Crippen molar-refractivity contribution in [3.63, 3.8) is 0 Å². The summed E-state index contributed by atoms with van der Waals surface area (Å²) < 4.78 is 26.2. The molecule has 2 amide bonds. The van der Waals surface area contributed by atoms with E-state index in [1.807, 2.05) is 23.1 Å². The third kappa shape index (κ3) is 2.81. The van der Waals surface area contributed by atoms with E-state index in [4.69, 9.17) is 0 Å². The lowest BCUT2D eigenvalue weighted by atomic mass is 9.76. The lowest BCUT2D eigenvalue weighted by molar-refractivity contribution is -0.172. The number of nitrogens with zero attached hydrogens (tertiary/aromatic N) is 2. The number of carbonyl (C=O) groups is 2. The SMILES string of the molecule is O=C(c1ccccc1)N1CC[C@]2(CCC[C@H]2C(=O)N2CC(F)(F)C2)C1. The van der Waals surface area contributed by atoms with Crippen LogP contribution in [-0.2, 0) is 4.79 Å². The molecule has 25 heavy (non-hydrogen) atoms. The molecule has 4 rings (SSSR count). The smallest absolute Gasteiger partial charge is 0.282 e. The average Bonchev–Trinajstić information content (AvgIpc) is 3.20. The minimum absolute atomic E-state index is 0.00828. The first-order valence-corrected chi connectivity index (χ1v) is 8.91. The second-order valence-corrected chi connectivity index (χ2v) is 7.70. The normalized spacial score (nSPS) is 30.6. The molecule has 2 atom stereocenters. The molecule has 1 aromatic carbocycles. The number of hydrogen-bond acceptors (Lipinski definition) is 2. The van der Waals surface area contributed by atoms with Crippen LogP contribution in [0.3, 0.4) is 0 Å². The van der Waals surface area contributed by atoms with E-state index in [-0.39, 0.29) is 23.1 Å². The van der Waals surface area contributed by atoms with Gasteiger partial charge in [-0.15, -0.1) is 0 Å². The molecule has 3 aliphatic rings. The van der Waals surface area contributed by atoms with Crippen molar-refractivity contribution in [2.24, 2.45) is 11.3 Å². The number of carbonyl (C=O) groups excluding carboxylic acids is 2. The molecule has 1 spiro atoms. The molecule has 4 nitrogen and oxygen atoms in total. The molecule has 2 heterocycles. The van der Waals surface area contributed by atoms with E-state index in [1.165, 1.54) is 4.90 Å². The molecule has 0 radical (unpaired) electrons. The predicted octanol–water partition coefficient (Wildman–Crippen LogP) is 2.80. The molecular weight excluding hydrogens is 326 g/mol. The van der Waals surface area contributed by atoms with Gasteiger partial charge in [0.1, 0.15) is 0 Å². The van der Waals surface area contributed by atoms with Crippen molar-refractivity contribution in [1.82, 2.24) is 9.80 Å². The third-order valence-corrected chi connectivity index (χ3v) is 6.05. The van der Waals surface area contributed by atoms with Gasteiger partial charge in [-0.25, -0.2) is 8.78 Å². The fraction of sp³-hybridized carbons (Fsp3) is 0.579. The molecule has 0 bridgehead atoms. The van der Waals surface area contributed by atoms with Crippen molar-refractivity contribution in [3.8, 4) is 0 Å². The van der Waals surface area contributed by atoms with Gasteiger partial charge in [-0.05, 0) is 31.4 Å². The number of alkyl halides is 2. The molecule has 6 heteroatoms. The Hall–Kier alpha value is -1.98. The Morgan fingerprint density at radius 2 is 1.72 bits per heavy atom. The van der Waals surface area contributed by atoms with Crippen molar-refractivity contribution >= 4 is 11.8 Å². The first-order valence-electron chi connectivity index (χ1n) is 8.91. The highest BCUT2D eigenvalue weighted by Crippen LogP contribution is 2.51. The highest BCUT2D eigenvalue weighted by atomic mass is 19.3. The van der Waals surface area contributed by atoms with Gasteiger partial charge >= 0.3 is 0 Å². The van der Waals surface area contributed by atoms with Crippen LogP contribution in [0.5, 0.6) is 0 Å². The third-order valence-electron chi connectivity index (χ3n) is 6.05. The fourth-order valence-electron chi connectivity index (χ4n) is 4.73. The Bertz CT molecular complexity index is 686. The van der Waals surface area contributed by atoms with Gasteiger partial charge in [-0.1, -0.05) is 24.6 Å². The molecule has 1 aliphatic carbocycles. The van der Waals surface area contributed by atoms with Crippen molar-refractivity contribution in [2.75, 3.05) is 26.2 Å². The Balaban J connectivity index is 1.47. The maximum atomic E-state index is 13.1. The summed E-state index contributed by atoms with van der Waals surface area (Å²) in [5.41, 5.74) is 0.426. The van der Waals surface area contributed by atoms with E-state index < -0.39 is 19.0 Å². The standard InChI is InChI=1S/C19H22F2N2O2/c20-19(21)12-23(13-19)17(25)15-7-4-8-18(15)9-10-22(11-18)16(24)14-5-2-1-3-6-14/h1-3,5-6,15H,4,7-13H2/t15-,18+/m0/s1. The lowest BCUT2D eigenvalue weighted by Gasteiger charge is -2.42. The molecular formula is C19H22F2N2O2. The van der Waals surface area contributed by atoms with Gasteiger partial charge in [0.05, 0.1) is 13.1 Å². The monoisotopic (exact) mass is 348 g/mol. The maximum Gasteiger partial charge on any atom is 0.282 e. The summed E-state index contributed by atoms with van der Waals surface area (Å²) in [6.45, 7) is 0.283. The highest BCUT2D eigenvalue weighted by Gasteiger charge is 2.55. The molecule has 0 aromatic heterocycles. The van der Waals surface area contributed by atoms with Crippen molar-refractivity contribution in [3.05, 3.63) is 35.9 Å². The van der Waals surface area contributed by atoms with E-state index in [0.717, 1.165) is 25.7 Å². The van der Waals surface area contributed by atoms with Crippen LogP contribution < -0.4 is 0 Å². The Morgan fingerprint density at radius 3 is 2.40 bits per heavy atom. The van der Waals surface area contributed by atoms with E-state index in [0.29, 0.717) is 18.7 Å². The van der Waals surface area contributed by atoms with E-state index >= 15 is 0 Å². The van der Waals surface area contributed by atoms with Gasteiger partial charge in [0, 0.05) is 30.0 Å². The highest BCUT2D eigenvalue weighted by molar-refractivity contribution is 5.94. The summed E-state index contributed by atoms with van der Waals surface area (Å²) in [4.78, 5) is 28.5. The van der Waals surface area contributed by atoms with Gasteiger partial charge < -0.3 is 9.80 Å². The van der Waals surface area contributed by atoms with Crippen molar-refractivity contribution in [1.29, 1.82) is 0 Å². The predicted molar refractivity (Wildman–Crippen MR) is 88.3 cm³/mol. The maximum absolute atomic E-state index is 13.1. The van der Waals surface area contributed by atoms with Gasteiger partial charge in [-0.3, -0.25) is 9.59 Å². The molecule has 134 valence electrons. The first kappa shape index (κ1) is 16.5. The lowest BCUT2D eigenvalue weighted by Crippen LogP contribution is -2.60. The average molecular weight is 348 g/mol. The zero-order valence-corrected chi connectivity index (χ0v) is 14.1. The number of likely N-dealkylation sites (tertiary alicyclic amines) is 2. The molecule has 0 unspecified atom stereocenters. The first-order chi connectivity index (χ1) is 11.9. The fourth-order valence-corrected chi connectivity index (χ4v) is 4.73. The Morgan fingerprint density at radius 1 is 1.00 bits per heavy atom. The minimum atomic E-state index is -2.73. The quantitative estimate of drug-likeness (QED) is 0.825. The molecule has 1 aromatic rings. The molecule has 2 aliphatic heterocycles. The second kappa shape index (κ2) is 5.78. The second-order valence-electron chi connectivity index (χ2n) is 7.70. The topological polar surface area (TPSA) is 40.6 Å². The van der Waals surface area contributed by atoms with Gasteiger partial charge in [0.15, 0.2) is 0 Å². The van der Waals surface area contributed by atoms with Crippen LogP contribution in [0.4, 0.5) is 8.78 Å². The van der Waals surface area contributed by atoms with E-state index in [9.17, 15) is 18.4 Å². The summed E-state index contributed by atoms with van der Waals surface area (Å²) >= 11 is 0. The van der Waals surface area contributed by atoms with Gasteiger partial charge in [0.25, 0.3) is 11.8 Å². The van der Waals surface area contributed by atoms with Crippen LogP contribution in [0.25, 0.3) is 0 Å². The van der Waals surface area contributed by atoms with Crippen LogP contribution in [0.15, 0.2) is 30.3 Å². The zero-order chi connectivity index (χ0) is 17.7. The summed E-state index contributed by atoms with van der Waals surface area (Å²) in [6, 6.07) is 9.15. The van der Waals surface area contributed by atoms with E-state index in [2.05, 4.69) is 0 Å². The molecule has 2 saturated heterocycles. The van der Waals surface area contributed by atoms with Crippen molar-refractivity contribution in [2.45, 2.75) is 31.6 Å². The van der Waals surface area contributed by atoms with Gasteiger partial charge in [0.2, 0.25) is 5.91 Å². The van der Waals surface area contributed by atoms with Crippen LogP contribution in [0.2, 0.25) is 0 Å². The summed E-state index contributed by atoms with van der Waals surface area (Å²) in [5, 5.41) is 0. The number of hydrogen-bond donors (Lipinski definition) is 0.